The molecule has 0 aromatic heterocycles. The molecule has 1 unspecified atom stereocenters. The Bertz CT molecular complexity index is 1160. The van der Waals surface area contributed by atoms with Crippen LogP contribution in [0.15, 0.2) is 77.9 Å². The molecule has 0 radical (unpaired) electrons. The van der Waals surface area contributed by atoms with Crippen molar-refractivity contribution in [2.24, 2.45) is 11.0 Å². The van der Waals surface area contributed by atoms with E-state index in [2.05, 4.69) is 15.8 Å². The maximum Gasteiger partial charge on any atom is 0.262 e. The first kappa shape index (κ1) is 25.0. The molecule has 0 aliphatic rings. The Hall–Kier alpha value is -3.64. The maximum atomic E-state index is 12.7. The van der Waals surface area contributed by atoms with Gasteiger partial charge in [0.05, 0.1) is 6.21 Å². The van der Waals surface area contributed by atoms with Crippen LogP contribution < -0.4 is 15.5 Å². The van der Waals surface area contributed by atoms with Crippen LogP contribution in [0.1, 0.15) is 40.9 Å². The summed E-state index contributed by atoms with van der Waals surface area (Å²) in [5, 5.41) is 7.29. The monoisotopic (exact) mass is 477 g/mol. The third kappa shape index (κ3) is 7.18. The molecule has 0 aliphatic heterocycles. The second-order valence-electron chi connectivity index (χ2n) is 8.25. The highest BCUT2D eigenvalue weighted by Gasteiger charge is 2.24. The molecule has 2 amide bonds. The van der Waals surface area contributed by atoms with Gasteiger partial charge in [0.2, 0.25) is 0 Å². The third-order valence-corrected chi connectivity index (χ3v) is 5.37. The van der Waals surface area contributed by atoms with Crippen molar-refractivity contribution >= 4 is 29.6 Å². The van der Waals surface area contributed by atoms with Crippen LogP contribution in [0, 0.1) is 12.8 Å². The normalized spacial score (nSPS) is 11.9. The molecule has 0 heterocycles. The predicted molar refractivity (Wildman–Crippen MR) is 135 cm³/mol. The molecular weight excluding hydrogens is 450 g/mol. The van der Waals surface area contributed by atoms with E-state index in [0.717, 1.165) is 11.1 Å². The van der Waals surface area contributed by atoms with Crippen molar-refractivity contribution in [2.75, 3.05) is 0 Å². The Morgan fingerprint density at radius 2 is 1.76 bits per heavy atom. The van der Waals surface area contributed by atoms with Crippen molar-refractivity contribution in [1.82, 2.24) is 10.7 Å². The lowest BCUT2D eigenvalue weighted by molar-refractivity contribution is -0.123. The topological polar surface area (TPSA) is 79.8 Å². The lowest BCUT2D eigenvalue weighted by Crippen LogP contribution is -2.48. The molecule has 3 aromatic carbocycles. The van der Waals surface area contributed by atoms with Gasteiger partial charge in [-0.3, -0.25) is 9.59 Å². The van der Waals surface area contributed by atoms with Crippen molar-refractivity contribution in [1.29, 1.82) is 0 Å². The number of hydrazone groups is 1. The fourth-order valence-corrected chi connectivity index (χ4v) is 3.38. The number of aryl methyl sites for hydroxylation is 1. The molecule has 0 spiro atoms. The molecule has 176 valence electrons. The van der Waals surface area contributed by atoms with E-state index >= 15 is 0 Å². The van der Waals surface area contributed by atoms with E-state index < -0.39 is 11.9 Å². The van der Waals surface area contributed by atoms with E-state index in [1.165, 1.54) is 11.8 Å². The van der Waals surface area contributed by atoms with Gasteiger partial charge in [0, 0.05) is 16.1 Å². The van der Waals surface area contributed by atoms with Gasteiger partial charge in [0.15, 0.2) is 0 Å². The molecule has 0 aliphatic carbocycles. The molecule has 3 rings (SSSR count). The zero-order chi connectivity index (χ0) is 24.5. The van der Waals surface area contributed by atoms with Gasteiger partial charge in [-0.05, 0) is 48.7 Å². The van der Waals surface area contributed by atoms with Gasteiger partial charge in [0.25, 0.3) is 11.8 Å². The number of halogens is 1. The van der Waals surface area contributed by atoms with Crippen LogP contribution in [0.25, 0.3) is 0 Å². The first-order valence-corrected chi connectivity index (χ1v) is 11.4. The summed E-state index contributed by atoms with van der Waals surface area (Å²) in [7, 11) is 0. The van der Waals surface area contributed by atoms with Gasteiger partial charge in [-0.25, -0.2) is 5.43 Å². The number of nitrogens with zero attached hydrogens (tertiary/aromatic N) is 1. The number of benzene rings is 3. The number of amides is 2. The smallest absolute Gasteiger partial charge is 0.262 e. The fourth-order valence-electron chi connectivity index (χ4n) is 3.19. The number of rotatable bonds is 9. The number of hydrogen-bond acceptors (Lipinski definition) is 4. The minimum Gasteiger partial charge on any atom is -0.488 e. The first-order valence-electron chi connectivity index (χ1n) is 11.0. The summed E-state index contributed by atoms with van der Waals surface area (Å²) in [6.45, 7) is 6.15. The van der Waals surface area contributed by atoms with Gasteiger partial charge in [-0.1, -0.05) is 73.5 Å². The van der Waals surface area contributed by atoms with E-state index in [1.54, 1.807) is 24.3 Å². The predicted octanol–water partition coefficient (Wildman–Crippen LogP) is 5.13. The summed E-state index contributed by atoms with van der Waals surface area (Å²) in [6, 6.07) is 21.4. The van der Waals surface area contributed by atoms with Crippen LogP contribution in [0.3, 0.4) is 0 Å². The first-order chi connectivity index (χ1) is 16.3. The highest BCUT2D eigenvalue weighted by Crippen LogP contribution is 2.18. The van der Waals surface area contributed by atoms with E-state index in [9.17, 15) is 9.59 Å². The highest BCUT2D eigenvalue weighted by atomic mass is 35.5. The van der Waals surface area contributed by atoms with Crippen molar-refractivity contribution < 1.29 is 14.3 Å². The van der Waals surface area contributed by atoms with E-state index in [4.69, 9.17) is 16.3 Å². The quantitative estimate of drug-likeness (QED) is 0.331. The number of nitrogens with one attached hydrogen (secondary N) is 2. The van der Waals surface area contributed by atoms with Gasteiger partial charge >= 0.3 is 0 Å². The van der Waals surface area contributed by atoms with Crippen LogP contribution >= 0.6 is 11.6 Å². The SMILES string of the molecule is Cc1ccc(COc2ccccc2/C=N/NC(=O)C(NC(=O)c2cccc(Cl)c2)C(C)C)cc1. The number of para-hydroxylation sites is 1. The molecule has 0 saturated carbocycles. The standard InChI is InChI=1S/C27H28ClN3O3/c1-18(2)25(30-26(32)21-8-6-9-23(28)15-21)27(33)31-29-16-22-7-4-5-10-24(22)34-17-20-13-11-19(3)12-14-20/h4-16,18,25H,17H2,1-3H3,(H,30,32)(H,31,33)/b29-16+. The molecule has 3 aromatic rings. The maximum absolute atomic E-state index is 12.7. The molecular formula is C27H28ClN3O3. The van der Waals surface area contributed by atoms with Crippen molar-refractivity contribution in [2.45, 2.75) is 33.4 Å². The minimum atomic E-state index is -0.767. The van der Waals surface area contributed by atoms with Gasteiger partial charge < -0.3 is 10.1 Å². The molecule has 7 heteroatoms. The Morgan fingerprint density at radius 1 is 1.03 bits per heavy atom. The van der Waals surface area contributed by atoms with Crippen LogP contribution in [0.5, 0.6) is 5.75 Å². The fraction of sp³-hybridized carbons (Fsp3) is 0.222. The summed E-state index contributed by atoms with van der Waals surface area (Å²) in [5.41, 5.74) is 5.87. The summed E-state index contributed by atoms with van der Waals surface area (Å²) in [6.07, 6.45) is 1.53. The van der Waals surface area contributed by atoms with E-state index in [0.29, 0.717) is 22.9 Å². The molecule has 6 nitrogen and oxygen atoms in total. The third-order valence-electron chi connectivity index (χ3n) is 5.13. The van der Waals surface area contributed by atoms with Gasteiger partial charge in [-0.15, -0.1) is 0 Å². The van der Waals surface area contributed by atoms with Gasteiger partial charge in [-0.2, -0.15) is 5.10 Å². The Balaban J connectivity index is 1.62. The van der Waals surface area contributed by atoms with E-state index in [-0.39, 0.29) is 11.8 Å². The minimum absolute atomic E-state index is 0.150. The van der Waals surface area contributed by atoms with Gasteiger partial charge in [0.1, 0.15) is 18.4 Å². The van der Waals surface area contributed by atoms with Crippen molar-refractivity contribution in [3.05, 3.63) is 100 Å². The molecule has 0 saturated heterocycles. The summed E-state index contributed by atoms with van der Waals surface area (Å²) in [4.78, 5) is 25.3. The summed E-state index contributed by atoms with van der Waals surface area (Å²) in [5.74, 6) is -0.297. The second kappa shape index (κ2) is 12.0. The number of carbonyl (C=O) groups is 2. The number of carbonyl (C=O) groups excluding carboxylic acids is 2. The Morgan fingerprint density at radius 3 is 2.47 bits per heavy atom. The van der Waals surface area contributed by atoms with Crippen molar-refractivity contribution in [3.63, 3.8) is 0 Å². The zero-order valence-electron chi connectivity index (χ0n) is 19.4. The molecule has 34 heavy (non-hydrogen) atoms. The summed E-state index contributed by atoms with van der Waals surface area (Å²) >= 11 is 5.96. The zero-order valence-corrected chi connectivity index (χ0v) is 20.2. The number of hydrogen-bond donors (Lipinski definition) is 2. The molecule has 2 N–H and O–H groups in total. The Kier molecular flexibility index (Phi) is 8.82. The molecule has 1 atom stereocenters. The van der Waals surface area contributed by atoms with Crippen LogP contribution in [0.4, 0.5) is 0 Å². The Labute approximate surface area is 205 Å². The van der Waals surface area contributed by atoms with Crippen LogP contribution in [0.2, 0.25) is 5.02 Å². The average Bonchev–Trinajstić information content (AvgIpc) is 2.82. The largest absolute Gasteiger partial charge is 0.488 e. The van der Waals surface area contributed by atoms with E-state index in [1.807, 2.05) is 69.3 Å². The lowest BCUT2D eigenvalue weighted by Gasteiger charge is -2.20. The average molecular weight is 478 g/mol. The second-order valence-corrected chi connectivity index (χ2v) is 8.69. The highest BCUT2D eigenvalue weighted by molar-refractivity contribution is 6.31. The van der Waals surface area contributed by atoms with Crippen LogP contribution in [-0.2, 0) is 11.4 Å². The molecule has 0 bridgehead atoms. The van der Waals surface area contributed by atoms with Crippen molar-refractivity contribution in [3.8, 4) is 5.75 Å². The number of ether oxygens (including phenoxy) is 1. The molecule has 0 fully saturated rings. The lowest BCUT2D eigenvalue weighted by atomic mass is 10.0. The summed E-state index contributed by atoms with van der Waals surface area (Å²) < 4.78 is 5.95. The van der Waals surface area contributed by atoms with Crippen LogP contribution in [-0.4, -0.2) is 24.1 Å².